The minimum atomic E-state index is -0.0439. The molecule has 86 valence electrons. The minimum Gasteiger partial charge on any atom is -0.377 e. The molecule has 0 aliphatic heterocycles. The third kappa shape index (κ3) is 3.31. The molecule has 0 bridgehead atoms. The number of hydrogen-bond donors (Lipinski definition) is 0. The Morgan fingerprint density at radius 3 is 2.50 bits per heavy atom. The summed E-state index contributed by atoms with van der Waals surface area (Å²) in [5.74, 6) is 0.0971. The van der Waals surface area contributed by atoms with E-state index in [1.54, 1.807) is 7.11 Å². The molecule has 2 nitrogen and oxygen atoms in total. The number of aldehydes is 1. The normalized spacial score (nSPS) is 14.9. The molecule has 0 aliphatic rings. The molecule has 2 heteroatoms. The van der Waals surface area contributed by atoms with Gasteiger partial charge in [0.2, 0.25) is 0 Å². The molecule has 2 unspecified atom stereocenters. The number of carbonyl (C=O) groups excluding carboxylic acids is 1. The SMILES string of the molecule is C/C=C/C(OC)C(CC=O)c1ccccc1. The van der Waals surface area contributed by atoms with Crippen molar-refractivity contribution in [2.75, 3.05) is 7.11 Å². The van der Waals surface area contributed by atoms with Gasteiger partial charge in [-0.2, -0.15) is 0 Å². The Hall–Kier alpha value is -1.41. The van der Waals surface area contributed by atoms with Crippen LogP contribution in [0.2, 0.25) is 0 Å². The number of benzene rings is 1. The predicted octanol–water partition coefficient (Wildman–Crippen LogP) is 2.95. The lowest BCUT2D eigenvalue weighted by atomic mass is 9.90. The average molecular weight is 218 g/mol. The van der Waals surface area contributed by atoms with Crippen LogP contribution in [0.5, 0.6) is 0 Å². The highest BCUT2D eigenvalue weighted by molar-refractivity contribution is 5.52. The Morgan fingerprint density at radius 1 is 1.31 bits per heavy atom. The summed E-state index contributed by atoms with van der Waals surface area (Å²) in [6.45, 7) is 1.95. The van der Waals surface area contributed by atoms with Gasteiger partial charge in [0.1, 0.15) is 6.29 Å². The number of carbonyl (C=O) groups is 1. The van der Waals surface area contributed by atoms with E-state index < -0.39 is 0 Å². The van der Waals surface area contributed by atoms with E-state index in [0.717, 1.165) is 11.8 Å². The van der Waals surface area contributed by atoms with Gasteiger partial charge in [-0.25, -0.2) is 0 Å². The van der Waals surface area contributed by atoms with Crippen LogP contribution in [-0.4, -0.2) is 19.5 Å². The van der Waals surface area contributed by atoms with Crippen LogP contribution < -0.4 is 0 Å². The molecule has 16 heavy (non-hydrogen) atoms. The summed E-state index contributed by atoms with van der Waals surface area (Å²) in [7, 11) is 1.67. The summed E-state index contributed by atoms with van der Waals surface area (Å²) in [6, 6.07) is 10.00. The molecule has 1 rings (SSSR count). The van der Waals surface area contributed by atoms with Crippen LogP contribution in [-0.2, 0) is 9.53 Å². The van der Waals surface area contributed by atoms with Crippen molar-refractivity contribution in [3.8, 4) is 0 Å². The zero-order chi connectivity index (χ0) is 11.8. The smallest absolute Gasteiger partial charge is 0.120 e. The largest absolute Gasteiger partial charge is 0.377 e. The second-order valence-corrected chi connectivity index (χ2v) is 3.65. The summed E-state index contributed by atoms with van der Waals surface area (Å²) in [4.78, 5) is 10.7. The van der Waals surface area contributed by atoms with Gasteiger partial charge in [0, 0.05) is 19.4 Å². The zero-order valence-electron chi connectivity index (χ0n) is 9.80. The maximum absolute atomic E-state index is 10.7. The molecule has 1 aromatic carbocycles. The highest BCUT2D eigenvalue weighted by Crippen LogP contribution is 2.25. The van der Waals surface area contributed by atoms with E-state index in [-0.39, 0.29) is 12.0 Å². The predicted molar refractivity (Wildman–Crippen MR) is 65.5 cm³/mol. The van der Waals surface area contributed by atoms with Crippen molar-refractivity contribution in [3.63, 3.8) is 0 Å². The fraction of sp³-hybridized carbons (Fsp3) is 0.357. The third-order valence-electron chi connectivity index (χ3n) is 2.63. The van der Waals surface area contributed by atoms with E-state index in [1.807, 2.05) is 49.4 Å². The molecule has 0 aliphatic carbocycles. The maximum Gasteiger partial charge on any atom is 0.120 e. The molecule has 0 radical (unpaired) electrons. The van der Waals surface area contributed by atoms with Crippen molar-refractivity contribution in [1.29, 1.82) is 0 Å². The highest BCUT2D eigenvalue weighted by atomic mass is 16.5. The summed E-state index contributed by atoms with van der Waals surface area (Å²) in [5.41, 5.74) is 1.14. The first-order valence-corrected chi connectivity index (χ1v) is 5.47. The molecule has 0 spiro atoms. The fourth-order valence-electron chi connectivity index (χ4n) is 1.83. The van der Waals surface area contributed by atoms with Crippen molar-refractivity contribution in [1.82, 2.24) is 0 Å². The van der Waals surface area contributed by atoms with Gasteiger partial charge < -0.3 is 9.53 Å². The molecule has 0 heterocycles. The Kier molecular flexibility index (Phi) is 5.51. The van der Waals surface area contributed by atoms with E-state index in [4.69, 9.17) is 4.74 Å². The van der Waals surface area contributed by atoms with Crippen LogP contribution in [0.3, 0.4) is 0 Å². The van der Waals surface area contributed by atoms with Gasteiger partial charge in [-0.05, 0) is 12.5 Å². The molecular weight excluding hydrogens is 200 g/mol. The topological polar surface area (TPSA) is 26.3 Å². The van der Waals surface area contributed by atoms with Crippen LogP contribution in [0.4, 0.5) is 0 Å². The lowest BCUT2D eigenvalue weighted by Crippen LogP contribution is -2.19. The summed E-state index contributed by atoms with van der Waals surface area (Å²) in [5, 5.41) is 0. The summed E-state index contributed by atoms with van der Waals surface area (Å²) < 4.78 is 5.41. The Balaban J connectivity index is 2.93. The zero-order valence-corrected chi connectivity index (χ0v) is 9.80. The van der Waals surface area contributed by atoms with Gasteiger partial charge in [0.05, 0.1) is 6.10 Å². The van der Waals surface area contributed by atoms with E-state index in [2.05, 4.69) is 0 Å². The molecule has 2 atom stereocenters. The Morgan fingerprint density at radius 2 is 2.00 bits per heavy atom. The van der Waals surface area contributed by atoms with Crippen LogP contribution in [0.15, 0.2) is 42.5 Å². The van der Waals surface area contributed by atoms with Crippen LogP contribution in [0.1, 0.15) is 24.8 Å². The van der Waals surface area contributed by atoms with E-state index >= 15 is 0 Å². The molecule has 0 N–H and O–H groups in total. The van der Waals surface area contributed by atoms with Gasteiger partial charge in [-0.15, -0.1) is 0 Å². The molecule has 0 fully saturated rings. The van der Waals surface area contributed by atoms with Crippen molar-refractivity contribution in [2.24, 2.45) is 0 Å². The lowest BCUT2D eigenvalue weighted by Gasteiger charge is -2.22. The van der Waals surface area contributed by atoms with E-state index in [1.165, 1.54) is 0 Å². The quantitative estimate of drug-likeness (QED) is 0.542. The van der Waals surface area contributed by atoms with Crippen LogP contribution in [0.25, 0.3) is 0 Å². The van der Waals surface area contributed by atoms with Gasteiger partial charge in [0.25, 0.3) is 0 Å². The molecule has 0 amide bonds. The summed E-state index contributed by atoms with van der Waals surface area (Å²) >= 11 is 0. The van der Waals surface area contributed by atoms with Crippen LogP contribution in [0, 0.1) is 0 Å². The monoisotopic (exact) mass is 218 g/mol. The molecule has 1 aromatic rings. The van der Waals surface area contributed by atoms with Gasteiger partial charge >= 0.3 is 0 Å². The molecular formula is C14H18O2. The summed E-state index contributed by atoms with van der Waals surface area (Å²) in [6.07, 6.45) is 5.33. The second kappa shape index (κ2) is 6.96. The standard InChI is InChI=1S/C14H18O2/c1-3-7-14(16-2)13(10-11-15)12-8-5-4-6-9-12/h3-9,11,13-14H,10H2,1-2H3/b7-3+. The Labute approximate surface area is 96.9 Å². The third-order valence-corrected chi connectivity index (χ3v) is 2.63. The maximum atomic E-state index is 10.7. The molecule has 0 aromatic heterocycles. The number of hydrogen-bond acceptors (Lipinski definition) is 2. The minimum absolute atomic E-state index is 0.0439. The van der Waals surface area contributed by atoms with Crippen molar-refractivity contribution >= 4 is 6.29 Å². The van der Waals surface area contributed by atoms with Crippen molar-refractivity contribution in [2.45, 2.75) is 25.4 Å². The lowest BCUT2D eigenvalue weighted by molar-refractivity contribution is -0.108. The number of allylic oxidation sites excluding steroid dienone is 1. The fourth-order valence-corrected chi connectivity index (χ4v) is 1.83. The molecule has 0 saturated carbocycles. The second-order valence-electron chi connectivity index (χ2n) is 3.65. The van der Waals surface area contributed by atoms with Crippen molar-refractivity contribution in [3.05, 3.63) is 48.0 Å². The highest BCUT2D eigenvalue weighted by Gasteiger charge is 2.19. The first kappa shape index (κ1) is 12.7. The van der Waals surface area contributed by atoms with Crippen molar-refractivity contribution < 1.29 is 9.53 Å². The number of rotatable bonds is 6. The van der Waals surface area contributed by atoms with E-state index in [0.29, 0.717) is 6.42 Å². The van der Waals surface area contributed by atoms with Gasteiger partial charge in [-0.1, -0.05) is 42.5 Å². The number of ether oxygens (including phenoxy) is 1. The molecule has 0 saturated heterocycles. The first-order chi connectivity index (χ1) is 7.83. The van der Waals surface area contributed by atoms with E-state index in [9.17, 15) is 4.79 Å². The Bertz CT molecular complexity index is 330. The van der Waals surface area contributed by atoms with Gasteiger partial charge in [0.15, 0.2) is 0 Å². The van der Waals surface area contributed by atoms with Gasteiger partial charge in [-0.3, -0.25) is 0 Å². The number of methoxy groups -OCH3 is 1. The van der Waals surface area contributed by atoms with Crippen LogP contribution >= 0.6 is 0 Å². The first-order valence-electron chi connectivity index (χ1n) is 5.47. The average Bonchev–Trinajstić information content (AvgIpc) is 2.35.